The summed E-state index contributed by atoms with van der Waals surface area (Å²) in [5.74, 6) is 1.59. The molecule has 0 bridgehead atoms. The van der Waals surface area contributed by atoms with Crippen molar-refractivity contribution in [2.75, 3.05) is 50.7 Å². The fourth-order valence-corrected chi connectivity index (χ4v) is 3.97. The van der Waals surface area contributed by atoms with E-state index in [-0.39, 0.29) is 12.1 Å². The van der Waals surface area contributed by atoms with E-state index in [9.17, 15) is 4.79 Å². The van der Waals surface area contributed by atoms with Crippen LogP contribution in [-0.4, -0.2) is 61.3 Å². The van der Waals surface area contributed by atoms with Crippen LogP contribution in [0.2, 0.25) is 0 Å². The number of nitrogens with zero attached hydrogens (tertiary/aromatic N) is 3. The van der Waals surface area contributed by atoms with E-state index < -0.39 is 0 Å². The minimum atomic E-state index is -0.242. The van der Waals surface area contributed by atoms with Crippen LogP contribution in [0.5, 0.6) is 11.5 Å². The molecule has 5 N–H and O–H groups in total. The van der Waals surface area contributed by atoms with Gasteiger partial charge in [0.15, 0.2) is 0 Å². The van der Waals surface area contributed by atoms with Crippen LogP contribution in [0.4, 0.5) is 27.8 Å². The number of hydrogen-bond acceptors (Lipinski definition) is 8. The molecule has 1 aromatic heterocycles. The molecular weight excluding hydrogens is 446 g/mol. The number of urea groups is 1. The maximum Gasteiger partial charge on any atom is 0.319 e. The number of piperidine rings is 1. The lowest BCUT2D eigenvalue weighted by Crippen LogP contribution is -2.44. The maximum atomic E-state index is 12.6. The molecule has 3 aromatic rings. The van der Waals surface area contributed by atoms with Crippen LogP contribution in [0.15, 0.2) is 48.7 Å². The average Bonchev–Trinajstić information content (AvgIpc) is 2.85. The van der Waals surface area contributed by atoms with Gasteiger partial charge in [-0.2, -0.15) is 0 Å². The molecule has 1 aliphatic rings. The Hall–Kier alpha value is -4.05. The molecule has 10 nitrogen and oxygen atoms in total. The Morgan fingerprint density at radius 1 is 1.06 bits per heavy atom. The third-order valence-corrected chi connectivity index (χ3v) is 5.89. The molecule has 2 aromatic carbocycles. The first-order valence-electron chi connectivity index (χ1n) is 11.4. The summed E-state index contributed by atoms with van der Waals surface area (Å²) in [6.45, 7) is 1.95. The number of ether oxygens (including phenoxy) is 2. The van der Waals surface area contributed by atoms with Crippen LogP contribution >= 0.6 is 0 Å². The van der Waals surface area contributed by atoms with Crippen LogP contribution in [0, 0.1) is 0 Å². The Kier molecular flexibility index (Phi) is 7.51. The number of carbonyl (C=O) groups excluding carboxylic acids is 1. The summed E-state index contributed by atoms with van der Waals surface area (Å²) in [6.07, 6.45) is 3.53. The van der Waals surface area contributed by atoms with Gasteiger partial charge >= 0.3 is 6.03 Å². The lowest BCUT2D eigenvalue weighted by molar-refractivity contribution is 0.221. The van der Waals surface area contributed by atoms with E-state index in [0.717, 1.165) is 31.5 Å². The molecule has 0 radical (unpaired) electrons. The van der Waals surface area contributed by atoms with Crippen molar-refractivity contribution in [3.8, 4) is 22.8 Å². The van der Waals surface area contributed by atoms with Crippen LogP contribution in [0.1, 0.15) is 12.8 Å². The summed E-state index contributed by atoms with van der Waals surface area (Å²) in [5, 5.41) is 9.15. The number of nitrogens with one attached hydrogen (secondary N) is 3. The second kappa shape index (κ2) is 10.9. The molecule has 0 atom stereocenters. The van der Waals surface area contributed by atoms with Gasteiger partial charge in [0.2, 0.25) is 5.95 Å². The van der Waals surface area contributed by atoms with Gasteiger partial charge in [-0.3, -0.25) is 0 Å². The molecule has 0 spiro atoms. The van der Waals surface area contributed by atoms with Crippen molar-refractivity contribution in [3.63, 3.8) is 0 Å². The lowest BCUT2D eigenvalue weighted by atomic mass is 10.1. The lowest BCUT2D eigenvalue weighted by Gasteiger charge is -2.29. The summed E-state index contributed by atoms with van der Waals surface area (Å²) >= 11 is 0. The van der Waals surface area contributed by atoms with Crippen LogP contribution in [-0.2, 0) is 0 Å². The van der Waals surface area contributed by atoms with E-state index in [1.807, 2.05) is 18.2 Å². The van der Waals surface area contributed by atoms with Gasteiger partial charge in [0.25, 0.3) is 0 Å². The van der Waals surface area contributed by atoms with Crippen LogP contribution in [0.25, 0.3) is 11.3 Å². The second-order valence-corrected chi connectivity index (χ2v) is 8.47. The zero-order valence-electron chi connectivity index (χ0n) is 20.2. The number of carbonyl (C=O) groups is 1. The van der Waals surface area contributed by atoms with Gasteiger partial charge in [0.05, 0.1) is 25.6 Å². The number of anilines is 4. The molecule has 35 heavy (non-hydrogen) atoms. The van der Waals surface area contributed by atoms with Crippen molar-refractivity contribution < 1.29 is 14.3 Å². The Labute approximate surface area is 204 Å². The van der Waals surface area contributed by atoms with Crippen molar-refractivity contribution in [1.29, 1.82) is 0 Å². The first-order chi connectivity index (χ1) is 16.9. The predicted octanol–water partition coefficient (Wildman–Crippen LogP) is 3.70. The molecule has 10 heteroatoms. The maximum absolute atomic E-state index is 12.6. The number of rotatable bonds is 7. The van der Waals surface area contributed by atoms with Gasteiger partial charge in [-0.15, -0.1) is 0 Å². The van der Waals surface area contributed by atoms with E-state index in [4.69, 9.17) is 15.2 Å². The Morgan fingerprint density at radius 3 is 2.54 bits per heavy atom. The fraction of sp³-hybridized carbons (Fsp3) is 0.320. The Balaban J connectivity index is 1.47. The molecule has 184 valence electrons. The van der Waals surface area contributed by atoms with Crippen molar-refractivity contribution in [2.45, 2.75) is 18.9 Å². The van der Waals surface area contributed by atoms with Crippen molar-refractivity contribution >= 4 is 29.0 Å². The minimum absolute atomic E-state index is 0.164. The molecule has 4 rings (SSSR count). The average molecular weight is 478 g/mol. The zero-order valence-corrected chi connectivity index (χ0v) is 20.2. The summed E-state index contributed by atoms with van der Waals surface area (Å²) in [5.41, 5.74) is 9.38. The first kappa shape index (κ1) is 24.1. The Morgan fingerprint density at radius 2 is 1.83 bits per heavy atom. The number of amides is 2. The van der Waals surface area contributed by atoms with Crippen LogP contribution in [0.3, 0.4) is 0 Å². The van der Waals surface area contributed by atoms with Gasteiger partial charge in [0.1, 0.15) is 11.5 Å². The summed E-state index contributed by atoms with van der Waals surface area (Å²) < 4.78 is 10.6. The minimum Gasteiger partial charge on any atom is -0.497 e. The normalized spacial score (nSPS) is 14.3. The first-order valence-corrected chi connectivity index (χ1v) is 11.4. The number of hydrogen-bond donors (Lipinski definition) is 4. The largest absolute Gasteiger partial charge is 0.497 e. The standard InChI is InChI=1S/C25H31N7O3/c1-32-10-7-17(8-11-32)29-25(33)30-19-13-18(14-20(15-19)34-2)28-24-27-9-6-22(31-24)16-4-5-23(35-3)21(26)12-16/h4-6,9,12-15,17H,7-8,10-11,26H2,1-3H3,(H,27,28,31)(H2,29,30,33). The van der Waals surface area contributed by atoms with Crippen molar-refractivity contribution in [2.24, 2.45) is 0 Å². The molecular formula is C25H31N7O3. The van der Waals surface area contributed by atoms with Gasteiger partial charge in [-0.25, -0.2) is 14.8 Å². The van der Waals surface area contributed by atoms with Crippen LogP contribution < -0.4 is 31.2 Å². The van der Waals surface area contributed by atoms with E-state index >= 15 is 0 Å². The predicted molar refractivity (Wildman–Crippen MR) is 137 cm³/mol. The fourth-order valence-electron chi connectivity index (χ4n) is 3.97. The van der Waals surface area contributed by atoms with E-state index in [1.54, 1.807) is 44.7 Å². The van der Waals surface area contributed by atoms with E-state index in [1.165, 1.54) is 0 Å². The van der Waals surface area contributed by atoms with Crippen molar-refractivity contribution in [3.05, 3.63) is 48.7 Å². The second-order valence-electron chi connectivity index (χ2n) is 8.47. The summed E-state index contributed by atoms with van der Waals surface area (Å²) in [4.78, 5) is 23.8. The summed E-state index contributed by atoms with van der Waals surface area (Å²) in [6, 6.07) is 12.6. The molecule has 1 aliphatic heterocycles. The van der Waals surface area contributed by atoms with Gasteiger partial charge in [-0.1, -0.05) is 0 Å². The quantitative estimate of drug-likeness (QED) is 0.380. The number of likely N-dealkylation sites (tertiary alicyclic amines) is 1. The number of nitrogens with two attached hydrogens (primary N) is 1. The molecule has 0 saturated carbocycles. The molecule has 2 amide bonds. The number of methoxy groups -OCH3 is 2. The smallest absolute Gasteiger partial charge is 0.319 e. The van der Waals surface area contributed by atoms with Gasteiger partial charge in [0, 0.05) is 41.3 Å². The van der Waals surface area contributed by atoms with E-state index in [0.29, 0.717) is 40.2 Å². The van der Waals surface area contributed by atoms with Gasteiger partial charge in [-0.05, 0) is 63.3 Å². The molecule has 2 heterocycles. The third kappa shape index (κ3) is 6.30. The Bertz CT molecular complexity index is 1180. The number of nitrogen functional groups attached to an aromatic ring is 1. The van der Waals surface area contributed by atoms with Gasteiger partial charge < -0.3 is 36.1 Å². The molecule has 0 unspecified atom stereocenters. The highest BCUT2D eigenvalue weighted by molar-refractivity contribution is 5.90. The number of aromatic nitrogens is 2. The third-order valence-electron chi connectivity index (χ3n) is 5.89. The highest BCUT2D eigenvalue weighted by Crippen LogP contribution is 2.29. The molecule has 1 saturated heterocycles. The molecule has 0 aliphatic carbocycles. The number of benzene rings is 2. The SMILES string of the molecule is COc1cc(NC(=O)NC2CCN(C)CC2)cc(Nc2nccc(-c3ccc(OC)c(N)c3)n2)c1. The molecule has 1 fully saturated rings. The zero-order chi connectivity index (χ0) is 24.8. The van der Waals surface area contributed by atoms with E-state index in [2.05, 4.69) is 37.9 Å². The highest BCUT2D eigenvalue weighted by atomic mass is 16.5. The monoisotopic (exact) mass is 477 g/mol. The summed E-state index contributed by atoms with van der Waals surface area (Å²) in [7, 11) is 5.24. The van der Waals surface area contributed by atoms with Crippen molar-refractivity contribution in [1.82, 2.24) is 20.2 Å². The highest BCUT2D eigenvalue weighted by Gasteiger charge is 2.18. The topological polar surface area (TPSA) is 127 Å².